The molecule has 338 valence electrons. The van der Waals surface area contributed by atoms with Crippen molar-refractivity contribution in [2.45, 2.75) is 203 Å². The van der Waals surface area contributed by atoms with E-state index in [1.165, 1.54) is 32.1 Å². The van der Waals surface area contributed by atoms with Gasteiger partial charge in [-0.15, -0.1) is 0 Å². The summed E-state index contributed by atoms with van der Waals surface area (Å²) in [6.07, 6.45) is 16.8. The standard InChI is InChI=1S/C44H78O14/c1-3-5-7-9-11-12-13-14-15-16-17-18-19-20-21-22-24-26-28-53-30-33(56-36(46)27-25-23-10-8-6-4-2)31-54-43-42(52)40(50)38(48)35(58-43)32-55-44-41(51)39(49)37(47)34(29-45)57-44/h5,7,11-12,14-15,33-35,37-45,47-52H,3-4,6,8-10,13,16-32H2,1-2H3/b7-5-,12-11-,15-14-. The molecule has 14 nitrogen and oxygen atoms in total. The maximum Gasteiger partial charge on any atom is 0.306 e. The molecular weight excluding hydrogens is 752 g/mol. The maximum absolute atomic E-state index is 12.8. The zero-order valence-electron chi connectivity index (χ0n) is 35.3. The average molecular weight is 831 g/mol. The summed E-state index contributed by atoms with van der Waals surface area (Å²) in [6.45, 7) is 3.46. The van der Waals surface area contributed by atoms with Crippen LogP contribution in [0.1, 0.15) is 136 Å². The molecule has 2 rings (SSSR count). The molecule has 0 aromatic heterocycles. The maximum atomic E-state index is 12.8. The van der Waals surface area contributed by atoms with Crippen molar-refractivity contribution < 1.29 is 69.0 Å². The molecule has 0 saturated carbocycles. The second-order valence-electron chi connectivity index (χ2n) is 15.5. The lowest BCUT2D eigenvalue weighted by Crippen LogP contribution is -2.61. The van der Waals surface area contributed by atoms with Crippen molar-refractivity contribution in [2.24, 2.45) is 0 Å². The van der Waals surface area contributed by atoms with Gasteiger partial charge in [0.2, 0.25) is 0 Å². The lowest BCUT2D eigenvalue weighted by molar-refractivity contribution is -0.332. The van der Waals surface area contributed by atoms with Crippen molar-refractivity contribution in [3.05, 3.63) is 36.5 Å². The molecule has 11 unspecified atom stereocenters. The lowest BCUT2D eigenvalue weighted by Gasteiger charge is -2.42. The molecule has 0 aliphatic carbocycles. The molecule has 2 saturated heterocycles. The van der Waals surface area contributed by atoms with Crippen LogP contribution in [0.25, 0.3) is 0 Å². The van der Waals surface area contributed by atoms with E-state index < -0.39 is 86.7 Å². The molecule has 14 heteroatoms. The third-order valence-corrected chi connectivity index (χ3v) is 10.4. The molecule has 0 aromatic rings. The Balaban J connectivity index is 1.75. The Morgan fingerprint density at radius 3 is 1.76 bits per heavy atom. The summed E-state index contributed by atoms with van der Waals surface area (Å²) in [5, 5.41) is 71.7. The predicted molar refractivity (Wildman–Crippen MR) is 220 cm³/mol. The van der Waals surface area contributed by atoms with Crippen LogP contribution in [0.4, 0.5) is 0 Å². The van der Waals surface area contributed by atoms with Gasteiger partial charge in [0.05, 0.1) is 26.4 Å². The molecule has 58 heavy (non-hydrogen) atoms. The number of ether oxygens (including phenoxy) is 6. The van der Waals surface area contributed by atoms with Crippen LogP contribution in [0, 0.1) is 0 Å². The lowest BCUT2D eigenvalue weighted by atomic mass is 9.98. The van der Waals surface area contributed by atoms with Crippen LogP contribution in [0.3, 0.4) is 0 Å². The number of aliphatic hydroxyl groups excluding tert-OH is 7. The second-order valence-corrected chi connectivity index (χ2v) is 15.5. The smallest absolute Gasteiger partial charge is 0.306 e. The highest BCUT2D eigenvalue weighted by Gasteiger charge is 2.47. The number of hydrogen-bond donors (Lipinski definition) is 7. The minimum Gasteiger partial charge on any atom is -0.457 e. The summed E-state index contributed by atoms with van der Waals surface area (Å²) < 4.78 is 34.0. The number of hydrogen-bond acceptors (Lipinski definition) is 14. The van der Waals surface area contributed by atoms with E-state index in [0.29, 0.717) is 13.0 Å². The van der Waals surface area contributed by atoms with Crippen molar-refractivity contribution in [1.29, 1.82) is 0 Å². The van der Waals surface area contributed by atoms with Gasteiger partial charge < -0.3 is 64.2 Å². The van der Waals surface area contributed by atoms with Crippen molar-refractivity contribution >= 4 is 5.97 Å². The minimum absolute atomic E-state index is 0.0565. The Morgan fingerprint density at radius 2 is 1.12 bits per heavy atom. The highest BCUT2D eigenvalue weighted by Crippen LogP contribution is 2.26. The molecule has 0 aromatic carbocycles. The zero-order valence-corrected chi connectivity index (χ0v) is 35.3. The zero-order chi connectivity index (χ0) is 42.4. The summed E-state index contributed by atoms with van der Waals surface area (Å²) >= 11 is 0. The molecular formula is C44H78O14. The Labute approximate surface area is 347 Å². The summed E-state index contributed by atoms with van der Waals surface area (Å²) in [5.41, 5.74) is 0. The van der Waals surface area contributed by atoms with Gasteiger partial charge in [0, 0.05) is 13.0 Å². The van der Waals surface area contributed by atoms with E-state index in [1.54, 1.807) is 0 Å². The van der Waals surface area contributed by atoms with Crippen LogP contribution in [0.15, 0.2) is 36.5 Å². The minimum atomic E-state index is -1.70. The first-order valence-corrected chi connectivity index (χ1v) is 22.1. The number of unbranched alkanes of at least 4 members (excludes halogenated alkanes) is 13. The second kappa shape index (κ2) is 32.9. The van der Waals surface area contributed by atoms with Gasteiger partial charge in [0.1, 0.15) is 54.9 Å². The Bertz CT molecular complexity index is 1100. The Kier molecular flexibility index (Phi) is 29.7. The van der Waals surface area contributed by atoms with E-state index in [0.717, 1.165) is 77.0 Å². The van der Waals surface area contributed by atoms with Crippen LogP contribution in [0.2, 0.25) is 0 Å². The number of allylic oxidation sites excluding steroid dienone is 6. The van der Waals surface area contributed by atoms with Gasteiger partial charge in [-0.05, 0) is 44.9 Å². The predicted octanol–water partition coefficient (Wildman–Crippen LogP) is 4.68. The summed E-state index contributed by atoms with van der Waals surface area (Å²) in [4.78, 5) is 12.8. The number of carbonyl (C=O) groups excluding carboxylic acids is 1. The molecule has 2 heterocycles. The highest BCUT2D eigenvalue weighted by atomic mass is 16.7. The number of esters is 1. The fourth-order valence-corrected chi connectivity index (χ4v) is 6.77. The van der Waals surface area contributed by atoms with E-state index in [4.69, 9.17) is 28.4 Å². The number of carbonyl (C=O) groups is 1. The third kappa shape index (κ3) is 21.6. The fraction of sp³-hybridized carbons (Fsp3) is 0.841. The molecule has 7 N–H and O–H groups in total. The van der Waals surface area contributed by atoms with Gasteiger partial charge in [-0.1, -0.05) is 121 Å². The quantitative estimate of drug-likeness (QED) is 0.0272. The molecule has 0 radical (unpaired) electrons. The first-order chi connectivity index (χ1) is 28.1. The van der Waals surface area contributed by atoms with E-state index >= 15 is 0 Å². The van der Waals surface area contributed by atoms with E-state index in [9.17, 15) is 40.5 Å². The van der Waals surface area contributed by atoms with Crippen LogP contribution >= 0.6 is 0 Å². The van der Waals surface area contributed by atoms with E-state index in [-0.39, 0.29) is 19.6 Å². The molecule has 0 bridgehead atoms. The molecule has 2 fully saturated rings. The average Bonchev–Trinajstić information content (AvgIpc) is 3.22. The van der Waals surface area contributed by atoms with Crippen molar-refractivity contribution in [3.63, 3.8) is 0 Å². The van der Waals surface area contributed by atoms with Gasteiger partial charge in [0.25, 0.3) is 0 Å². The third-order valence-electron chi connectivity index (χ3n) is 10.4. The Hall–Kier alpha value is -1.79. The summed E-state index contributed by atoms with van der Waals surface area (Å²) in [6, 6.07) is 0. The molecule has 0 spiro atoms. The normalized spacial score (nSPS) is 28.6. The van der Waals surface area contributed by atoms with Crippen LogP contribution in [-0.4, -0.2) is 142 Å². The first kappa shape index (κ1) is 52.3. The molecule has 2 aliphatic rings. The highest BCUT2D eigenvalue weighted by molar-refractivity contribution is 5.69. The monoisotopic (exact) mass is 831 g/mol. The molecule has 11 atom stereocenters. The van der Waals surface area contributed by atoms with Crippen LogP contribution in [-0.2, 0) is 33.2 Å². The van der Waals surface area contributed by atoms with Gasteiger partial charge in [0.15, 0.2) is 12.6 Å². The SMILES string of the molecule is CC/C=C\C/C=C\C/C=C\CCCCCCCCCCOCC(COC1OC(COC2OC(CO)C(O)C(O)C2O)C(O)C(O)C1O)OC(=O)CCCCCCCC. The van der Waals surface area contributed by atoms with Crippen molar-refractivity contribution in [1.82, 2.24) is 0 Å². The fourth-order valence-electron chi connectivity index (χ4n) is 6.77. The van der Waals surface area contributed by atoms with Gasteiger partial charge in [-0.25, -0.2) is 0 Å². The van der Waals surface area contributed by atoms with Gasteiger partial charge >= 0.3 is 5.97 Å². The summed E-state index contributed by atoms with van der Waals surface area (Å²) in [5.74, 6) is -0.390. The van der Waals surface area contributed by atoms with E-state index in [2.05, 4.69) is 50.3 Å². The summed E-state index contributed by atoms with van der Waals surface area (Å²) in [7, 11) is 0. The van der Waals surface area contributed by atoms with Crippen molar-refractivity contribution in [2.75, 3.05) is 33.0 Å². The topological polar surface area (TPSA) is 214 Å². The van der Waals surface area contributed by atoms with E-state index in [1.807, 2.05) is 0 Å². The van der Waals surface area contributed by atoms with Gasteiger partial charge in [-0.3, -0.25) is 4.79 Å². The van der Waals surface area contributed by atoms with Crippen LogP contribution < -0.4 is 0 Å². The largest absolute Gasteiger partial charge is 0.457 e. The number of rotatable bonds is 33. The first-order valence-electron chi connectivity index (χ1n) is 22.1. The molecule has 2 aliphatic heterocycles. The Morgan fingerprint density at radius 1 is 0.586 bits per heavy atom. The molecule has 0 amide bonds. The van der Waals surface area contributed by atoms with Gasteiger partial charge in [-0.2, -0.15) is 0 Å². The van der Waals surface area contributed by atoms with Crippen molar-refractivity contribution in [3.8, 4) is 0 Å². The van der Waals surface area contributed by atoms with Crippen LogP contribution in [0.5, 0.6) is 0 Å². The number of aliphatic hydroxyl groups is 7.